The first-order chi connectivity index (χ1) is 12.0. The van der Waals surface area contributed by atoms with Gasteiger partial charge in [0.2, 0.25) is 11.8 Å². The molecule has 136 valence electrons. The molecule has 9 heteroatoms. The Morgan fingerprint density at radius 2 is 2.20 bits per heavy atom. The normalized spacial score (nSPS) is 19.5. The Morgan fingerprint density at radius 3 is 2.84 bits per heavy atom. The Morgan fingerprint density at radius 1 is 1.44 bits per heavy atom. The molecule has 25 heavy (non-hydrogen) atoms. The maximum Gasteiger partial charge on any atom is 0.274 e. The summed E-state index contributed by atoms with van der Waals surface area (Å²) in [5.74, 6) is -0.835. The molecule has 0 saturated carbocycles. The lowest BCUT2D eigenvalue weighted by Gasteiger charge is -2.23. The van der Waals surface area contributed by atoms with Gasteiger partial charge in [-0.25, -0.2) is 4.98 Å². The number of likely N-dealkylation sites (N-methyl/N-ethyl adjacent to an activating group) is 1. The first kappa shape index (κ1) is 19.0. The van der Waals surface area contributed by atoms with E-state index in [0.29, 0.717) is 13.0 Å². The summed E-state index contributed by atoms with van der Waals surface area (Å²) in [6, 6.07) is 1.91. The number of nitrogens with one attached hydrogen (secondary N) is 2. The molecule has 0 radical (unpaired) electrons. The Bertz CT molecular complexity index is 629. The highest BCUT2D eigenvalue weighted by atomic mass is 32.2. The number of carbonyl (C=O) groups is 3. The van der Waals surface area contributed by atoms with Crippen LogP contribution in [0.2, 0.25) is 0 Å². The number of carbonyl (C=O) groups excluding carboxylic acids is 3. The van der Waals surface area contributed by atoms with Crippen LogP contribution in [0.4, 0.5) is 0 Å². The lowest BCUT2D eigenvalue weighted by Crippen LogP contribution is -2.46. The first-order valence-corrected chi connectivity index (χ1v) is 9.38. The van der Waals surface area contributed by atoms with Crippen molar-refractivity contribution < 1.29 is 19.5 Å². The number of amides is 3. The quantitative estimate of drug-likeness (QED) is 0.653. The van der Waals surface area contributed by atoms with Crippen molar-refractivity contribution >= 4 is 29.5 Å². The second kappa shape index (κ2) is 8.70. The molecule has 0 aliphatic carbocycles. The average Bonchev–Trinajstić information content (AvgIpc) is 2.99. The monoisotopic (exact) mass is 366 g/mol. The van der Waals surface area contributed by atoms with Crippen molar-refractivity contribution in [2.75, 3.05) is 25.1 Å². The number of thioether (sulfide) groups is 1. The highest BCUT2D eigenvalue weighted by Crippen LogP contribution is 2.21. The standard InChI is InChI=1S/C16H22N4O4S/c1-3-17-15(23)11-7-10(8-20(11)13(22)9-25-2)19-16(24)14-12(21)5-4-6-18-14/h4-6,10-11,21H,3,7-9H2,1-2H3,(H,17,23)(H,19,24)/t10-,11-/m0/s1. The summed E-state index contributed by atoms with van der Waals surface area (Å²) in [7, 11) is 0. The van der Waals surface area contributed by atoms with Crippen molar-refractivity contribution in [1.82, 2.24) is 20.5 Å². The molecule has 1 aliphatic rings. The molecule has 0 spiro atoms. The lowest BCUT2D eigenvalue weighted by atomic mass is 10.1. The van der Waals surface area contributed by atoms with Gasteiger partial charge in [-0.15, -0.1) is 0 Å². The zero-order valence-electron chi connectivity index (χ0n) is 14.2. The number of rotatable bonds is 6. The zero-order valence-corrected chi connectivity index (χ0v) is 15.0. The van der Waals surface area contributed by atoms with Gasteiger partial charge in [0.15, 0.2) is 5.69 Å². The van der Waals surface area contributed by atoms with Crippen LogP contribution in [0.1, 0.15) is 23.8 Å². The van der Waals surface area contributed by atoms with Crippen LogP contribution >= 0.6 is 11.8 Å². The lowest BCUT2D eigenvalue weighted by molar-refractivity contribution is -0.136. The number of aromatic hydroxyl groups is 1. The number of hydrogen-bond acceptors (Lipinski definition) is 6. The summed E-state index contributed by atoms with van der Waals surface area (Å²) in [6.45, 7) is 2.53. The fourth-order valence-corrected chi connectivity index (χ4v) is 3.20. The largest absolute Gasteiger partial charge is 0.505 e. The second-order valence-corrected chi connectivity index (χ2v) is 6.53. The van der Waals surface area contributed by atoms with Crippen molar-refractivity contribution in [1.29, 1.82) is 0 Å². The van der Waals surface area contributed by atoms with Gasteiger partial charge in [-0.2, -0.15) is 11.8 Å². The molecule has 1 aromatic rings. The van der Waals surface area contributed by atoms with Gasteiger partial charge in [0.25, 0.3) is 5.91 Å². The van der Waals surface area contributed by atoms with Crippen molar-refractivity contribution in [2.45, 2.75) is 25.4 Å². The molecule has 8 nitrogen and oxygen atoms in total. The molecule has 0 aromatic carbocycles. The molecule has 1 aliphatic heterocycles. The van der Waals surface area contributed by atoms with E-state index in [0.717, 1.165) is 0 Å². The minimum absolute atomic E-state index is 0.0778. The molecule has 0 bridgehead atoms. The molecule has 3 N–H and O–H groups in total. The SMILES string of the molecule is CCNC(=O)[C@@H]1C[C@H](NC(=O)c2ncccc2O)CN1C(=O)CSC. The molecule has 1 fully saturated rings. The Labute approximate surface area is 150 Å². The van der Waals surface area contributed by atoms with Gasteiger partial charge in [-0.1, -0.05) is 0 Å². The van der Waals surface area contributed by atoms with E-state index in [-0.39, 0.29) is 41.6 Å². The van der Waals surface area contributed by atoms with Gasteiger partial charge in [-0.3, -0.25) is 14.4 Å². The van der Waals surface area contributed by atoms with E-state index in [9.17, 15) is 19.5 Å². The summed E-state index contributed by atoms with van der Waals surface area (Å²) in [5, 5.41) is 15.2. The van der Waals surface area contributed by atoms with E-state index in [4.69, 9.17) is 0 Å². The average molecular weight is 366 g/mol. The molecule has 2 rings (SSSR count). The Hall–Kier alpha value is -2.29. The molecule has 3 amide bonds. The molecule has 2 atom stereocenters. The molecule has 0 unspecified atom stereocenters. The van der Waals surface area contributed by atoms with Crippen molar-refractivity contribution in [3.8, 4) is 5.75 Å². The fourth-order valence-electron chi connectivity index (χ4n) is 2.79. The molecule has 1 saturated heterocycles. The molecular weight excluding hydrogens is 344 g/mol. The van der Waals surface area contributed by atoms with Gasteiger partial charge < -0.3 is 20.6 Å². The highest BCUT2D eigenvalue weighted by Gasteiger charge is 2.39. The number of aromatic nitrogens is 1. The van der Waals surface area contributed by atoms with Crippen LogP contribution < -0.4 is 10.6 Å². The predicted molar refractivity (Wildman–Crippen MR) is 94.3 cm³/mol. The van der Waals surface area contributed by atoms with Crippen molar-refractivity contribution in [3.05, 3.63) is 24.0 Å². The van der Waals surface area contributed by atoms with Crippen LogP contribution in [0, 0.1) is 0 Å². The Kier molecular flexibility index (Phi) is 6.63. The zero-order chi connectivity index (χ0) is 18.4. The van der Waals surface area contributed by atoms with Gasteiger partial charge in [-0.05, 0) is 31.7 Å². The smallest absolute Gasteiger partial charge is 0.274 e. The predicted octanol–water partition coefficient (Wildman–Crippen LogP) is -0.0144. The number of pyridine rings is 1. The van der Waals surface area contributed by atoms with Crippen LogP contribution in [0.5, 0.6) is 5.75 Å². The van der Waals surface area contributed by atoms with Gasteiger partial charge >= 0.3 is 0 Å². The third kappa shape index (κ3) is 4.62. The summed E-state index contributed by atoms with van der Waals surface area (Å²) >= 11 is 1.38. The maximum absolute atomic E-state index is 12.3. The van der Waals surface area contributed by atoms with E-state index in [1.165, 1.54) is 35.0 Å². The summed E-state index contributed by atoms with van der Waals surface area (Å²) in [5.41, 5.74) is -0.0778. The van der Waals surface area contributed by atoms with E-state index in [1.54, 1.807) is 0 Å². The minimum Gasteiger partial charge on any atom is -0.505 e. The van der Waals surface area contributed by atoms with Crippen LogP contribution in [0.25, 0.3) is 0 Å². The van der Waals surface area contributed by atoms with Crippen LogP contribution in [-0.2, 0) is 9.59 Å². The molecular formula is C16H22N4O4S. The number of likely N-dealkylation sites (tertiary alicyclic amines) is 1. The Balaban J connectivity index is 2.09. The molecule has 2 heterocycles. The minimum atomic E-state index is -0.609. The topological polar surface area (TPSA) is 112 Å². The summed E-state index contributed by atoms with van der Waals surface area (Å²) in [6.07, 6.45) is 3.55. The van der Waals surface area contributed by atoms with E-state index < -0.39 is 11.9 Å². The van der Waals surface area contributed by atoms with Gasteiger partial charge in [0.05, 0.1) is 5.75 Å². The van der Waals surface area contributed by atoms with Crippen LogP contribution in [0.15, 0.2) is 18.3 Å². The van der Waals surface area contributed by atoms with Gasteiger partial charge in [0.1, 0.15) is 11.8 Å². The van der Waals surface area contributed by atoms with Crippen LogP contribution in [0.3, 0.4) is 0 Å². The number of nitrogens with zero attached hydrogens (tertiary/aromatic N) is 2. The van der Waals surface area contributed by atoms with Gasteiger partial charge in [0, 0.05) is 25.3 Å². The fraction of sp³-hybridized carbons (Fsp3) is 0.500. The highest BCUT2D eigenvalue weighted by molar-refractivity contribution is 7.99. The first-order valence-electron chi connectivity index (χ1n) is 7.98. The molecule has 1 aromatic heterocycles. The van der Waals surface area contributed by atoms with Crippen molar-refractivity contribution in [3.63, 3.8) is 0 Å². The summed E-state index contributed by atoms with van der Waals surface area (Å²) in [4.78, 5) is 42.2. The van der Waals surface area contributed by atoms with Crippen molar-refractivity contribution in [2.24, 2.45) is 0 Å². The number of hydrogen-bond donors (Lipinski definition) is 3. The third-order valence-electron chi connectivity index (χ3n) is 3.88. The van der Waals surface area contributed by atoms with Crippen LogP contribution in [-0.4, -0.2) is 69.9 Å². The van der Waals surface area contributed by atoms with E-state index >= 15 is 0 Å². The van der Waals surface area contributed by atoms with E-state index in [2.05, 4.69) is 15.6 Å². The van der Waals surface area contributed by atoms with E-state index in [1.807, 2.05) is 13.2 Å². The third-order valence-corrected chi connectivity index (χ3v) is 4.42. The maximum atomic E-state index is 12.3. The second-order valence-electron chi connectivity index (χ2n) is 5.67. The summed E-state index contributed by atoms with van der Waals surface area (Å²) < 4.78 is 0.